The molecule has 2 aromatic heterocycles. The van der Waals surface area contributed by atoms with Crippen molar-refractivity contribution in [3.05, 3.63) is 69.6 Å². The number of pyridine rings is 1. The van der Waals surface area contributed by atoms with Crippen molar-refractivity contribution in [2.45, 2.75) is 41.8 Å². The normalized spacial score (nSPS) is 16.3. The number of benzene rings is 2. The fourth-order valence-corrected chi connectivity index (χ4v) is 6.87. The van der Waals surface area contributed by atoms with E-state index >= 15 is 0 Å². The zero-order valence-corrected chi connectivity index (χ0v) is 24.2. The Balaban J connectivity index is 1.31. The Hall–Kier alpha value is -3.85. The van der Waals surface area contributed by atoms with Gasteiger partial charge in [0.2, 0.25) is 0 Å². The van der Waals surface area contributed by atoms with Crippen molar-refractivity contribution in [1.29, 1.82) is 5.26 Å². The maximum absolute atomic E-state index is 12.3. The van der Waals surface area contributed by atoms with Crippen LogP contribution in [0.4, 0.5) is 22.7 Å². The molecule has 0 aliphatic carbocycles. The van der Waals surface area contributed by atoms with Crippen LogP contribution in [0.2, 0.25) is 5.02 Å². The Morgan fingerprint density at radius 3 is 2.59 bits per heavy atom. The van der Waals surface area contributed by atoms with Crippen LogP contribution in [0.5, 0.6) is 0 Å². The summed E-state index contributed by atoms with van der Waals surface area (Å²) in [5.41, 5.74) is 2.57. The highest BCUT2D eigenvalue weighted by atomic mass is 35.5. The summed E-state index contributed by atoms with van der Waals surface area (Å²) < 4.78 is 1.91. The Morgan fingerprint density at radius 1 is 1.15 bits per heavy atom. The number of aromatic nitrogens is 3. The van der Waals surface area contributed by atoms with Crippen molar-refractivity contribution in [3.8, 4) is 6.07 Å². The zero-order valence-electron chi connectivity index (χ0n) is 22.6. The largest absolute Gasteiger partial charge is 0.366 e. The number of anilines is 3. The number of hydrogen-bond acceptors (Lipinski definition) is 9. The van der Waals surface area contributed by atoms with E-state index in [9.17, 15) is 15.4 Å². The monoisotopic (exact) mass is 588 g/mol. The van der Waals surface area contributed by atoms with Crippen LogP contribution in [-0.2, 0) is 7.05 Å². The molecule has 0 atom stereocenters. The van der Waals surface area contributed by atoms with Gasteiger partial charge >= 0.3 is 0 Å². The molecule has 2 aliphatic heterocycles. The van der Waals surface area contributed by atoms with Gasteiger partial charge in [0.25, 0.3) is 5.69 Å². The third-order valence-corrected chi connectivity index (χ3v) is 9.50. The molecule has 12 heteroatoms. The molecule has 4 heterocycles. The van der Waals surface area contributed by atoms with Gasteiger partial charge in [-0.3, -0.25) is 15.1 Å². The number of halogens is 1. The SMILES string of the molecule is Cn1ccnc1Sc1ccc(Nc2c(C#N)cnc3cc(N4CCC(N5CCCC5)CC4)c([N+](=O)[O-])cc23)cc1Cl. The van der Waals surface area contributed by atoms with Crippen LogP contribution in [0, 0.1) is 21.4 Å². The molecule has 2 aliphatic rings. The molecule has 2 aromatic carbocycles. The van der Waals surface area contributed by atoms with Crippen molar-refractivity contribution >= 4 is 57.0 Å². The molecule has 0 bridgehead atoms. The van der Waals surface area contributed by atoms with Crippen LogP contribution in [0.25, 0.3) is 10.9 Å². The Morgan fingerprint density at radius 2 is 1.93 bits per heavy atom. The van der Waals surface area contributed by atoms with Gasteiger partial charge in [-0.1, -0.05) is 23.4 Å². The maximum atomic E-state index is 12.3. The number of fused-ring (bicyclic) bond motifs is 1. The standard InChI is InChI=1S/C29H29ClN8O2S/c1-35-13-8-32-29(35)41-27-5-4-20(14-23(27)30)34-28-19(17-31)18-33-24-16-25(26(38(39)40)15-22(24)28)37-11-6-21(7-12-37)36-9-2-3-10-36/h4-5,8,13-16,18,21H,2-3,6-7,9-12H2,1H3,(H,33,34). The van der Waals surface area contributed by atoms with E-state index in [0.29, 0.717) is 39.0 Å². The summed E-state index contributed by atoms with van der Waals surface area (Å²) >= 11 is 8.06. The molecule has 10 nitrogen and oxygen atoms in total. The summed E-state index contributed by atoms with van der Waals surface area (Å²) in [4.78, 5) is 26.3. The third kappa shape index (κ3) is 5.55. The second-order valence-corrected chi connectivity index (χ2v) is 11.8. The lowest BCUT2D eigenvalue weighted by molar-refractivity contribution is -0.384. The fraction of sp³-hybridized carbons (Fsp3) is 0.345. The topological polar surface area (TPSA) is 116 Å². The number of aryl methyl sites for hydroxylation is 1. The Bertz CT molecular complexity index is 1650. The number of nitro groups is 1. The number of nitro benzene ring substituents is 1. The lowest BCUT2D eigenvalue weighted by Gasteiger charge is -2.37. The predicted molar refractivity (Wildman–Crippen MR) is 161 cm³/mol. The summed E-state index contributed by atoms with van der Waals surface area (Å²) in [6, 6.07) is 11.6. The van der Waals surface area contributed by atoms with Crippen LogP contribution in [0.3, 0.4) is 0 Å². The number of imidazole rings is 1. The summed E-state index contributed by atoms with van der Waals surface area (Å²) in [7, 11) is 1.92. The van der Waals surface area contributed by atoms with Crippen LogP contribution in [-0.4, -0.2) is 56.6 Å². The molecule has 0 saturated carbocycles. The molecular formula is C29H29ClN8O2S. The highest BCUT2D eigenvalue weighted by Crippen LogP contribution is 2.40. The van der Waals surface area contributed by atoms with Gasteiger partial charge in [-0.15, -0.1) is 0 Å². The van der Waals surface area contributed by atoms with Gasteiger partial charge in [0.1, 0.15) is 11.8 Å². The predicted octanol–water partition coefficient (Wildman–Crippen LogP) is 6.36. The molecular weight excluding hydrogens is 560 g/mol. The minimum absolute atomic E-state index is 0.0110. The Labute approximate surface area is 247 Å². The number of nitrogens with zero attached hydrogens (tertiary/aromatic N) is 7. The van der Waals surface area contributed by atoms with Crippen molar-refractivity contribution in [2.24, 2.45) is 7.05 Å². The van der Waals surface area contributed by atoms with E-state index in [1.54, 1.807) is 24.4 Å². The first kappa shape index (κ1) is 27.3. The molecule has 210 valence electrons. The summed E-state index contributed by atoms with van der Waals surface area (Å²) in [5.74, 6) is 0. The van der Waals surface area contributed by atoms with E-state index in [0.717, 1.165) is 49.1 Å². The Kier molecular flexibility index (Phi) is 7.71. The molecule has 0 unspecified atom stereocenters. The van der Waals surface area contributed by atoms with E-state index in [4.69, 9.17) is 11.6 Å². The average Bonchev–Trinajstić information content (AvgIpc) is 3.66. The van der Waals surface area contributed by atoms with E-state index in [1.807, 2.05) is 29.9 Å². The third-order valence-electron chi connectivity index (χ3n) is 7.92. The first-order valence-electron chi connectivity index (χ1n) is 13.6. The van der Waals surface area contributed by atoms with E-state index in [-0.39, 0.29) is 16.2 Å². The second-order valence-electron chi connectivity index (χ2n) is 10.4. The number of nitrogens with one attached hydrogen (secondary N) is 1. The highest BCUT2D eigenvalue weighted by Gasteiger charge is 2.30. The van der Waals surface area contributed by atoms with E-state index in [2.05, 4.69) is 31.2 Å². The van der Waals surface area contributed by atoms with Gasteiger partial charge < -0.3 is 19.7 Å². The van der Waals surface area contributed by atoms with Crippen molar-refractivity contribution < 1.29 is 4.92 Å². The van der Waals surface area contributed by atoms with Crippen LogP contribution < -0.4 is 10.2 Å². The molecule has 0 radical (unpaired) electrons. The smallest absolute Gasteiger partial charge is 0.293 e. The lowest BCUT2D eigenvalue weighted by atomic mass is 10.0. The van der Waals surface area contributed by atoms with Crippen molar-refractivity contribution in [2.75, 3.05) is 36.4 Å². The van der Waals surface area contributed by atoms with Gasteiger partial charge in [0.05, 0.1) is 26.7 Å². The molecule has 0 amide bonds. The van der Waals surface area contributed by atoms with E-state index < -0.39 is 0 Å². The van der Waals surface area contributed by atoms with Crippen LogP contribution in [0.15, 0.2) is 59.0 Å². The molecule has 4 aromatic rings. The van der Waals surface area contributed by atoms with Crippen LogP contribution >= 0.6 is 23.4 Å². The van der Waals surface area contributed by atoms with Gasteiger partial charge in [0, 0.05) is 66.8 Å². The first-order valence-corrected chi connectivity index (χ1v) is 14.8. The first-order chi connectivity index (χ1) is 19.9. The second kappa shape index (κ2) is 11.6. The minimum Gasteiger partial charge on any atom is -0.366 e. The number of piperidine rings is 1. The number of hydrogen-bond donors (Lipinski definition) is 1. The van der Waals surface area contributed by atoms with E-state index in [1.165, 1.54) is 30.8 Å². The molecule has 2 fully saturated rings. The quantitative estimate of drug-likeness (QED) is 0.194. The summed E-state index contributed by atoms with van der Waals surface area (Å²) in [6.07, 6.45) is 9.58. The molecule has 41 heavy (non-hydrogen) atoms. The lowest BCUT2D eigenvalue weighted by Crippen LogP contribution is -2.44. The van der Waals surface area contributed by atoms with Gasteiger partial charge in [0.15, 0.2) is 5.16 Å². The average molecular weight is 589 g/mol. The molecule has 6 rings (SSSR count). The minimum atomic E-state index is -0.343. The number of nitriles is 1. The van der Waals surface area contributed by atoms with Gasteiger partial charge in [-0.25, -0.2) is 4.98 Å². The van der Waals surface area contributed by atoms with Crippen molar-refractivity contribution in [1.82, 2.24) is 19.4 Å². The van der Waals surface area contributed by atoms with Crippen molar-refractivity contribution in [3.63, 3.8) is 0 Å². The molecule has 1 N–H and O–H groups in total. The summed E-state index contributed by atoms with van der Waals surface area (Å²) in [5, 5.41) is 27.3. The molecule has 2 saturated heterocycles. The van der Waals surface area contributed by atoms with Gasteiger partial charge in [-0.05, 0) is 63.0 Å². The zero-order chi connectivity index (χ0) is 28.5. The maximum Gasteiger partial charge on any atom is 0.293 e. The van der Waals surface area contributed by atoms with Gasteiger partial charge in [-0.2, -0.15) is 5.26 Å². The summed E-state index contributed by atoms with van der Waals surface area (Å²) in [6.45, 7) is 3.82. The number of rotatable bonds is 7. The van der Waals surface area contributed by atoms with Crippen LogP contribution in [0.1, 0.15) is 31.2 Å². The highest BCUT2D eigenvalue weighted by molar-refractivity contribution is 7.99. The molecule has 0 spiro atoms. The number of likely N-dealkylation sites (tertiary alicyclic amines) is 1. The fourth-order valence-electron chi connectivity index (χ4n) is 5.77.